The van der Waals surface area contributed by atoms with Crippen LogP contribution in [0.15, 0.2) is 54.4 Å². The average molecular weight is 254 g/mol. The van der Waals surface area contributed by atoms with Crippen LogP contribution in [0.1, 0.15) is 31.7 Å². The molecule has 2 nitrogen and oxygen atoms in total. The van der Waals surface area contributed by atoms with Crippen molar-refractivity contribution in [2.45, 2.75) is 26.2 Å². The predicted molar refractivity (Wildman–Crippen MR) is 83.3 cm³/mol. The predicted octanol–water partition coefficient (Wildman–Crippen LogP) is 4.19. The summed E-state index contributed by atoms with van der Waals surface area (Å²) in [5, 5.41) is 0. The van der Waals surface area contributed by atoms with E-state index in [0.717, 1.165) is 36.1 Å². The highest BCUT2D eigenvalue weighted by Crippen LogP contribution is 2.29. The van der Waals surface area contributed by atoms with E-state index in [2.05, 4.69) is 43.8 Å². The van der Waals surface area contributed by atoms with Crippen LogP contribution in [0.3, 0.4) is 0 Å². The van der Waals surface area contributed by atoms with Gasteiger partial charge < -0.3 is 10.6 Å². The smallest absolute Gasteiger partial charge is 0.0374 e. The van der Waals surface area contributed by atoms with E-state index in [-0.39, 0.29) is 0 Å². The fourth-order valence-corrected chi connectivity index (χ4v) is 2.18. The lowest BCUT2D eigenvalue weighted by Gasteiger charge is -2.11. The zero-order chi connectivity index (χ0) is 13.8. The number of benzene rings is 1. The highest BCUT2D eigenvalue weighted by Gasteiger charge is 2.14. The van der Waals surface area contributed by atoms with Gasteiger partial charge in [-0.1, -0.05) is 38.1 Å². The molecule has 100 valence electrons. The first-order valence-electron chi connectivity index (χ1n) is 6.79. The van der Waals surface area contributed by atoms with E-state index in [9.17, 15) is 0 Å². The molecule has 0 saturated carbocycles. The zero-order valence-electron chi connectivity index (χ0n) is 11.8. The molecule has 1 aromatic rings. The summed E-state index contributed by atoms with van der Waals surface area (Å²) in [5.41, 5.74) is 11.6. The first kappa shape index (κ1) is 13.5. The van der Waals surface area contributed by atoms with Crippen molar-refractivity contribution < 1.29 is 0 Å². The summed E-state index contributed by atoms with van der Waals surface area (Å²) in [5.74, 6) is 0. The lowest BCUT2D eigenvalue weighted by molar-refractivity contribution is 0.703. The van der Waals surface area contributed by atoms with Crippen molar-refractivity contribution in [2.24, 2.45) is 0 Å². The molecular weight excluding hydrogens is 232 g/mol. The number of hydrogen-bond donors (Lipinski definition) is 1. The molecular formula is C17H22N2. The van der Waals surface area contributed by atoms with E-state index in [0.29, 0.717) is 0 Å². The molecule has 1 aromatic carbocycles. The monoisotopic (exact) mass is 254 g/mol. The lowest BCUT2D eigenvalue weighted by Crippen LogP contribution is -1.93. The van der Waals surface area contributed by atoms with Gasteiger partial charge >= 0.3 is 0 Å². The lowest BCUT2D eigenvalue weighted by atomic mass is 9.95. The largest absolute Gasteiger partial charge is 0.399 e. The van der Waals surface area contributed by atoms with Gasteiger partial charge in [-0.15, -0.1) is 0 Å². The summed E-state index contributed by atoms with van der Waals surface area (Å²) in [6.07, 6.45) is 7.63. The molecule has 19 heavy (non-hydrogen) atoms. The second-order valence-corrected chi connectivity index (χ2v) is 5.02. The minimum atomic E-state index is 0.791. The summed E-state index contributed by atoms with van der Waals surface area (Å²) in [7, 11) is 2.08. The summed E-state index contributed by atoms with van der Waals surface area (Å²) in [6.45, 7) is 6.44. The molecule has 1 aliphatic heterocycles. The Labute approximate surface area is 115 Å². The normalized spacial score (nSPS) is 14.3. The van der Waals surface area contributed by atoms with Crippen molar-refractivity contribution in [2.75, 3.05) is 12.8 Å². The number of anilines is 1. The summed E-state index contributed by atoms with van der Waals surface area (Å²) in [4.78, 5) is 2.16. The quantitative estimate of drug-likeness (QED) is 0.609. The van der Waals surface area contributed by atoms with Gasteiger partial charge in [0.1, 0.15) is 0 Å². The van der Waals surface area contributed by atoms with E-state index in [1.807, 2.05) is 18.2 Å². The molecule has 0 atom stereocenters. The van der Waals surface area contributed by atoms with Crippen molar-refractivity contribution in [3.05, 3.63) is 60.0 Å². The third-order valence-electron chi connectivity index (χ3n) is 3.43. The third kappa shape index (κ3) is 3.50. The van der Waals surface area contributed by atoms with Gasteiger partial charge in [0.15, 0.2) is 0 Å². The molecule has 0 saturated heterocycles. The summed E-state index contributed by atoms with van der Waals surface area (Å²) < 4.78 is 0. The van der Waals surface area contributed by atoms with Gasteiger partial charge in [0.05, 0.1) is 0 Å². The molecule has 2 N–H and O–H groups in total. The highest BCUT2D eigenvalue weighted by atomic mass is 15.2. The average Bonchev–Trinajstić information content (AvgIpc) is 3.10. The van der Waals surface area contributed by atoms with Gasteiger partial charge in [-0.05, 0) is 35.3 Å². The maximum Gasteiger partial charge on any atom is 0.0374 e. The molecule has 0 spiro atoms. The molecule has 1 heterocycles. The minimum Gasteiger partial charge on any atom is -0.399 e. The molecule has 0 radical (unpaired) electrons. The van der Waals surface area contributed by atoms with Gasteiger partial charge in [-0.2, -0.15) is 0 Å². The van der Waals surface area contributed by atoms with Crippen molar-refractivity contribution >= 4 is 11.3 Å². The molecule has 0 bridgehead atoms. The Morgan fingerprint density at radius 2 is 2.16 bits per heavy atom. The Morgan fingerprint density at radius 1 is 1.42 bits per heavy atom. The highest BCUT2D eigenvalue weighted by molar-refractivity contribution is 5.78. The van der Waals surface area contributed by atoms with E-state index in [1.54, 1.807) is 0 Å². The number of hydrogen-bond acceptors (Lipinski definition) is 2. The van der Waals surface area contributed by atoms with Crippen LogP contribution in [-0.4, -0.2) is 11.9 Å². The first-order chi connectivity index (χ1) is 9.11. The number of nitrogens with zero attached hydrogens (tertiary/aromatic N) is 1. The van der Waals surface area contributed by atoms with Crippen LogP contribution in [-0.2, 0) is 0 Å². The minimum absolute atomic E-state index is 0.791. The van der Waals surface area contributed by atoms with Gasteiger partial charge in [-0.3, -0.25) is 0 Å². The van der Waals surface area contributed by atoms with Gasteiger partial charge in [0, 0.05) is 31.1 Å². The molecule has 0 amide bonds. The van der Waals surface area contributed by atoms with Gasteiger partial charge in [0.2, 0.25) is 0 Å². The standard InChI is InChI=1S/C17H22N2/c1-4-6-14(9-10-17-12-19(17)3)13(2)15-7-5-8-16(18)11-15/h5,7-9,11-12H,2,4,6,10,18H2,1,3H3/b14-9+. The van der Waals surface area contributed by atoms with Gasteiger partial charge in [0.25, 0.3) is 0 Å². The topological polar surface area (TPSA) is 29.0 Å². The third-order valence-corrected chi connectivity index (χ3v) is 3.43. The molecule has 1 aliphatic rings. The van der Waals surface area contributed by atoms with Gasteiger partial charge in [-0.25, -0.2) is 0 Å². The Kier molecular flexibility index (Phi) is 4.10. The van der Waals surface area contributed by atoms with Crippen LogP contribution in [0.4, 0.5) is 5.69 Å². The van der Waals surface area contributed by atoms with E-state index < -0.39 is 0 Å². The maximum atomic E-state index is 5.84. The Balaban J connectivity index is 2.13. The number of nitrogens with two attached hydrogens (primary N) is 1. The second kappa shape index (κ2) is 5.79. The van der Waals surface area contributed by atoms with Crippen LogP contribution in [0.25, 0.3) is 5.57 Å². The fraction of sp³-hybridized carbons (Fsp3) is 0.294. The Morgan fingerprint density at radius 3 is 2.74 bits per heavy atom. The molecule has 0 aromatic heterocycles. The first-order valence-corrected chi connectivity index (χ1v) is 6.79. The second-order valence-electron chi connectivity index (χ2n) is 5.02. The van der Waals surface area contributed by atoms with Crippen LogP contribution in [0.2, 0.25) is 0 Å². The van der Waals surface area contributed by atoms with E-state index in [4.69, 9.17) is 5.73 Å². The van der Waals surface area contributed by atoms with Crippen molar-refractivity contribution in [3.8, 4) is 0 Å². The molecule has 2 heteroatoms. The van der Waals surface area contributed by atoms with Crippen LogP contribution in [0, 0.1) is 0 Å². The van der Waals surface area contributed by atoms with Crippen LogP contribution >= 0.6 is 0 Å². The zero-order valence-corrected chi connectivity index (χ0v) is 11.8. The Bertz CT molecular complexity index is 538. The number of nitrogen functional groups attached to an aromatic ring is 1. The number of allylic oxidation sites excluding steroid dienone is 3. The number of rotatable bonds is 6. The SMILES string of the molecule is C=C(/C(=C/CC1=CN1C)CCC)c1cccc(N)c1. The molecule has 2 rings (SSSR count). The summed E-state index contributed by atoms with van der Waals surface area (Å²) >= 11 is 0. The Hall–Kier alpha value is -1.96. The molecule has 0 fully saturated rings. The molecule has 0 unspecified atom stereocenters. The van der Waals surface area contributed by atoms with Crippen LogP contribution in [0.5, 0.6) is 0 Å². The van der Waals surface area contributed by atoms with Crippen LogP contribution < -0.4 is 5.73 Å². The maximum absolute atomic E-state index is 5.84. The molecule has 0 aliphatic carbocycles. The van der Waals surface area contributed by atoms with E-state index >= 15 is 0 Å². The fourth-order valence-electron chi connectivity index (χ4n) is 2.18. The van der Waals surface area contributed by atoms with E-state index in [1.165, 1.54) is 11.3 Å². The summed E-state index contributed by atoms with van der Waals surface area (Å²) in [6, 6.07) is 7.96. The van der Waals surface area contributed by atoms with Crippen molar-refractivity contribution in [3.63, 3.8) is 0 Å². The van der Waals surface area contributed by atoms with Crippen molar-refractivity contribution in [1.82, 2.24) is 4.90 Å². The van der Waals surface area contributed by atoms with Crippen molar-refractivity contribution in [1.29, 1.82) is 0 Å².